The number of amides is 1. The number of aromatic nitrogens is 1. The van der Waals surface area contributed by atoms with Gasteiger partial charge in [0, 0.05) is 10.9 Å². The second kappa shape index (κ2) is 8.63. The summed E-state index contributed by atoms with van der Waals surface area (Å²) in [6.45, 7) is 6.11. The fourth-order valence-corrected chi connectivity index (χ4v) is 4.33. The Balaban J connectivity index is 1.59. The predicted octanol–water partition coefficient (Wildman–Crippen LogP) is 3.80. The van der Waals surface area contributed by atoms with E-state index in [2.05, 4.69) is 15.2 Å². The highest BCUT2D eigenvalue weighted by Gasteiger charge is 2.18. The Morgan fingerprint density at radius 2 is 1.70 bits per heavy atom. The van der Waals surface area contributed by atoms with Crippen molar-refractivity contribution in [2.24, 2.45) is 0 Å². The zero-order chi connectivity index (χ0) is 21.9. The molecule has 2 aromatic carbocycles. The number of rotatable bonds is 6. The number of sulfonamides is 1. The van der Waals surface area contributed by atoms with Gasteiger partial charge in [0.05, 0.1) is 17.0 Å². The fraction of sp³-hybridized carbons (Fsp3) is 0.238. The van der Waals surface area contributed by atoms with Gasteiger partial charge in [0.15, 0.2) is 0 Å². The van der Waals surface area contributed by atoms with Crippen LogP contribution in [0.25, 0.3) is 10.6 Å². The predicted molar refractivity (Wildman–Crippen MR) is 115 cm³/mol. The quantitative estimate of drug-likeness (QED) is 0.563. The van der Waals surface area contributed by atoms with E-state index in [9.17, 15) is 17.6 Å². The van der Waals surface area contributed by atoms with Gasteiger partial charge in [-0.15, -0.1) is 16.2 Å². The number of nitrogens with zero attached hydrogens (tertiary/aromatic N) is 1. The molecule has 0 atom stereocenters. The summed E-state index contributed by atoms with van der Waals surface area (Å²) < 4.78 is 37.8. The Labute approximate surface area is 179 Å². The Bertz CT molecular complexity index is 1130. The average molecular weight is 448 g/mol. The summed E-state index contributed by atoms with van der Waals surface area (Å²) in [4.78, 5) is 18.7. The number of hydrogen-bond donors (Lipinski definition) is 2. The molecular formula is C21H22FN3O3S2. The Hall–Kier alpha value is -2.62. The summed E-state index contributed by atoms with van der Waals surface area (Å²) in [6.07, 6.45) is -0.0941. The minimum Gasteiger partial charge on any atom is -0.277 e. The molecule has 6 nitrogen and oxygen atoms in total. The molecule has 158 valence electrons. The molecular weight excluding hydrogens is 425 g/mol. The van der Waals surface area contributed by atoms with Crippen LogP contribution in [0.1, 0.15) is 32.0 Å². The molecule has 1 heterocycles. The van der Waals surface area contributed by atoms with E-state index in [-0.39, 0.29) is 22.5 Å². The van der Waals surface area contributed by atoms with E-state index in [1.54, 1.807) is 29.6 Å². The molecule has 0 aliphatic heterocycles. The Kier molecular flexibility index (Phi) is 6.35. The van der Waals surface area contributed by atoms with Crippen LogP contribution in [0, 0.1) is 5.82 Å². The fourth-order valence-electron chi connectivity index (χ4n) is 2.64. The van der Waals surface area contributed by atoms with Crippen molar-refractivity contribution >= 4 is 27.3 Å². The highest BCUT2D eigenvalue weighted by Crippen LogP contribution is 2.24. The first kappa shape index (κ1) is 22.1. The van der Waals surface area contributed by atoms with Gasteiger partial charge >= 0.3 is 0 Å². The minimum atomic E-state index is -3.89. The molecule has 30 heavy (non-hydrogen) atoms. The van der Waals surface area contributed by atoms with Crippen LogP contribution in [0.5, 0.6) is 0 Å². The first-order valence-electron chi connectivity index (χ1n) is 9.16. The van der Waals surface area contributed by atoms with Crippen LogP contribution >= 0.6 is 11.3 Å². The summed E-state index contributed by atoms with van der Waals surface area (Å²) in [5, 5.41) is 2.36. The van der Waals surface area contributed by atoms with Gasteiger partial charge in [-0.05, 0) is 47.4 Å². The third kappa shape index (κ3) is 5.50. The first-order chi connectivity index (χ1) is 14.0. The molecule has 3 aromatic rings. The van der Waals surface area contributed by atoms with Crippen molar-refractivity contribution in [1.29, 1.82) is 0 Å². The van der Waals surface area contributed by atoms with Gasteiger partial charge in [0.1, 0.15) is 10.8 Å². The molecule has 0 spiro atoms. The van der Waals surface area contributed by atoms with Gasteiger partial charge in [-0.3, -0.25) is 10.2 Å². The van der Waals surface area contributed by atoms with Gasteiger partial charge in [0.25, 0.3) is 10.0 Å². The number of carbonyl (C=O) groups excluding carboxylic acids is 1. The third-order valence-corrected chi connectivity index (χ3v) is 6.54. The Morgan fingerprint density at radius 3 is 2.30 bits per heavy atom. The molecule has 0 unspecified atom stereocenters. The number of thiazole rings is 1. The molecule has 0 saturated heterocycles. The molecule has 1 aromatic heterocycles. The first-order valence-corrected chi connectivity index (χ1v) is 11.5. The van der Waals surface area contributed by atoms with Gasteiger partial charge < -0.3 is 0 Å². The van der Waals surface area contributed by atoms with Crippen molar-refractivity contribution in [3.8, 4) is 10.6 Å². The van der Waals surface area contributed by atoms with Gasteiger partial charge in [-0.1, -0.05) is 32.9 Å². The summed E-state index contributed by atoms with van der Waals surface area (Å²) in [5.74, 6) is -0.879. The van der Waals surface area contributed by atoms with E-state index in [4.69, 9.17) is 0 Å². The van der Waals surface area contributed by atoms with Crippen LogP contribution in [0.4, 0.5) is 4.39 Å². The summed E-state index contributed by atoms with van der Waals surface area (Å²) in [7, 11) is -3.89. The van der Waals surface area contributed by atoms with E-state index in [0.717, 1.165) is 11.1 Å². The SMILES string of the molecule is CC(C)(C)c1ccc(S(=O)(=O)NNC(=O)Cc2csc(-c3ccc(F)cc3)n2)cc1. The number of halogens is 1. The van der Waals surface area contributed by atoms with Crippen molar-refractivity contribution in [2.75, 3.05) is 0 Å². The van der Waals surface area contributed by atoms with Crippen LogP contribution in [-0.4, -0.2) is 19.3 Å². The second-order valence-electron chi connectivity index (χ2n) is 7.76. The summed E-state index contributed by atoms with van der Waals surface area (Å²) in [5.41, 5.74) is 4.36. The summed E-state index contributed by atoms with van der Waals surface area (Å²) in [6, 6.07) is 12.4. The molecule has 0 saturated carbocycles. The number of hydrazine groups is 1. The van der Waals surface area contributed by atoms with Crippen LogP contribution < -0.4 is 10.3 Å². The molecule has 0 aliphatic rings. The monoisotopic (exact) mass is 447 g/mol. The lowest BCUT2D eigenvalue weighted by molar-refractivity contribution is -0.120. The van der Waals surface area contributed by atoms with Crippen molar-refractivity contribution in [3.05, 3.63) is 71.0 Å². The molecule has 9 heteroatoms. The average Bonchev–Trinajstić information content (AvgIpc) is 3.15. The molecule has 0 fully saturated rings. The summed E-state index contributed by atoms with van der Waals surface area (Å²) >= 11 is 1.32. The lowest BCUT2D eigenvalue weighted by atomic mass is 9.87. The topological polar surface area (TPSA) is 88.2 Å². The third-order valence-electron chi connectivity index (χ3n) is 4.34. The maximum Gasteiger partial charge on any atom is 0.257 e. The lowest BCUT2D eigenvalue weighted by Gasteiger charge is -2.19. The normalized spacial score (nSPS) is 12.0. The zero-order valence-corrected chi connectivity index (χ0v) is 18.4. The van der Waals surface area contributed by atoms with Gasteiger partial charge in [-0.2, -0.15) is 0 Å². The Morgan fingerprint density at radius 1 is 1.07 bits per heavy atom. The van der Waals surface area contributed by atoms with Crippen molar-refractivity contribution in [2.45, 2.75) is 37.5 Å². The van der Waals surface area contributed by atoms with Crippen LogP contribution in [-0.2, 0) is 26.7 Å². The largest absolute Gasteiger partial charge is 0.277 e. The maximum absolute atomic E-state index is 13.0. The van der Waals surface area contributed by atoms with E-state index in [1.807, 2.05) is 20.8 Å². The number of carbonyl (C=O) groups is 1. The molecule has 2 N–H and O–H groups in total. The van der Waals surface area contributed by atoms with Gasteiger partial charge in [-0.25, -0.2) is 17.8 Å². The van der Waals surface area contributed by atoms with Crippen molar-refractivity contribution in [3.63, 3.8) is 0 Å². The smallest absolute Gasteiger partial charge is 0.257 e. The minimum absolute atomic E-state index is 0.0584. The highest BCUT2D eigenvalue weighted by molar-refractivity contribution is 7.89. The maximum atomic E-state index is 13.0. The van der Waals surface area contributed by atoms with Crippen molar-refractivity contribution in [1.82, 2.24) is 15.2 Å². The number of benzene rings is 2. The lowest BCUT2D eigenvalue weighted by Crippen LogP contribution is -2.42. The second-order valence-corrected chi connectivity index (χ2v) is 10.3. The molecule has 0 radical (unpaired) electrons. The molecule has 0 bridgehead atoms. The highest BCUT2D eigenvalue weighted by atomic mass is 32.2. The number of nitrogens with one attached hydrogen (secondary N) is 2. The van der Waals surface area contributed by atoms with E-state index >= 15 is 0 Å². The molecule has 1 amide bonds. The van der Waals surface area contributed by atoms with Crippen LogP contribution in [0.3, 0.4) is 0 Å². The zero-order valence-electron chi connectivity index (χ0n) is 16.8. The van der Waals surface area contributed by atoms with E-state index in [0.29, 0.717) is 10.7 Å². The van der Waals surface area contributed by atoms with Crippen molar-refractivity contribution < 1.29 is 17.6 Å². The van der Waals surface area contributed by atoms with Crippen LogP contribution in [0.15, 0.2) is 58.8 Å². The molecule has 3 rings (SSSR count). The van der Waals surface area contributed by atoms with E-state index in [1.165, 1.54) is 35.6 Å². The molecule has 0 aliphatic carbocycles. The van der Waals surface area contributed by atoms with E-state index < -0.39 is 15.9 Å². The van der Waals surface area contributed by atoms with Crippen LogP contribution in [0.2, 0.25) is 0 Å². The standard InChI is InChI=1S/C21H22FN3O3S2/c1-21(2,3)15-6-10-18(11-7-15)30(27,28)25-24-19(26)12-17-13-29-20(23-17)14-4-8-16(22)9-5-14/h4-11,13,25H,12H2,1-3H3,(H,24,26). The van der Waals surface area contributed by atoms with Gasteiger partial charge in [0.2, 0.25) is 5.91 Å². The number of hydrogen-bond acceptors (Lipinski definition) is 5.